The third-order valence-electron chi connectivity index (χ3n) is 3.59. The van der Waals surface area contributed by atoms with Gasteiger partial charge in [-0.05, 0) is 37.3 Å². The monoisotopic (exact) mass is 263 g/mol. The molecule has 1 aliphatic heterocycles. The van der Waals surface area contributed by atoms with E-state index in [4.69, 9.17) is 5.11 Å². The molecule has 1 unspecified atom stereocenters. The van der Waals surface area contributed by atoms with Crippen LogP contribution in [-0.2, 0) is 4.79 Å². The van der Waals surface area contributed by atoms with E-state index in [2.05, 4.69) is 28.9 Å². The molecule has 0 saturated carbocycles. The van der Waals surface area contributed by atoms with Crippen LogP contribution in [0.5, 0.6) is 0 Å². The van der Waals surface area contributed by atoms with Gasteiger partial charge in [0.15, 0.2) is 5.82 Å². The Morgan fingerprint density at radius 3 is 2.79 bits per heavy atom. The molecule has 1 aromatic rings. The van der Waals surface area contributed by atoms with Crippen LogP contribution in [0.1, 0.15) is 51.1 Å². The zero-order valence-corrected chi connectivity index (χ0v) is 11.5. The van der Waals surface area contributed by atoms with Crippen LogP contribution >= 0.6 is 0 Å². The number of aromatic nitrogens is 2. The van der Waals surface area contributed by atoms with Gasteiger partial charge in [-0.15, -0.1) is 5.10 Å². The summed E-state index contributed by atoms with van der Waals surface area (Å²) >= 11 is 0. The molecule has 0 spiro atoms. The number of carboxylic acids is 1. The van der Waals surface area contributed by atoms with Crippen molar-refractivity contribution >= 4 is 11.8 Å². The highest BCUT2D eigenvalue weighted by molar-refractivity contribution is 5.68. The summed E-state index contributed by atoms with van der Waals surface area (Å²) in [5, 5.41) is 17.5. The van der Waals surface area contributed by atoms with E-state index in [1.807, 2.05) is 12.1 Å². The van der Waals surface area contributed by atoms with E-state index in [1.54, 1.807) is 0 Å². The second-order valence-corrected chi connectivity index (χ2v) is 5.41. The van der Waals surface area contributed by atoms with Crippen molar-refractivity contribution in [3.8, 4) is 0 Å². The van der Waals surface area contributed by atoms with Gasteiger partial charge in [0.25, 0.3) is 0 Å². The number of nitrogens with zero attached hydrogens (tertiary/aromatic N) is 3. The van der Waals surface area contributed by atoms with Gasteiger partial charge < -0.3 is 10.0 Å². The Bertz CT molecular complexity index is 431. The molecule has 0 aliphatic carbocycles. The average Bonchev–Trinajstić information content (AvgIpc) is 2.39. The molecule has 2 heterocycles. The van der Waals surface area contributed by atoms with Crippen LogP contribution in [0, 0.1) is 0 Å². The third kappa shape index (κ3) is 3.43. The number of carbonyl (C=O) groups is 1. The zero-order valence-electron chi connectivity index (χ0n) is 11.5. The van der Waals surface area contributed by atoms with Crippen LogP contribution in [0.2, 0.25) is 0 Å². The van der Waals surface area contributed by atoms with E-state index in [-0.39, 0.29) is 12.5 Å². The molecule has 0 radical (unpaired) electrons. The second-order valence-electron chi connectivity index (χ2n) is 5.41. The Labute approximate surface area is 113 Å². The Hall–Kier alpha value is -1.65. The van der Waals surface area contributed by atoms with Crippen molar-refractivity contribution in [1.29, 1.82) is 0 Å². The van der Waals surface area contributed by atoms with Gasteiger partial charge in [0.2, 0.25) is 0 Å². The van der Waals surface area contributed by atoms with Gasteiger partial charge in [0, 0.05) is 12.6 Å². The summed E-state index contributed by atoms with van der Waals surface area (Å²) in [5.41, 5.74) is 0.968. The summed E-state index contributed by atoms with van der Waals surface area (Å²) < 4.78 is 0. The lowest BCUT2D eigenvalue weighted by atomic mass is 9.99. The molecule has 1 aromatic heterocycles. The summed E-state index contributed by atoms with van der Waals surface area (Å²) in [6, 6.07) is 3.99. The maximum absolute atomic E-state index is 10.9. The highest BCUT2D eigenvalue weighted by Crippen LogP contribution is 2.25. The maximum atomic E-state index is 10.9. The highest BCUT2D eigenvalue weighted by atomic mass is 16.4. The number of aliphatic carboxylic acids is 1. The summed E-state index contributed by atoms with van der Waals surface area (Å²) in [5.74, 6) is 0.414. The van der Waals surface area contributed by atoms with Crippen molar-refractivity contribution in [2.75, 3.05) is 11.4 Å². The second kappa shape index (κ2) is 5.99. The predicted octanol–water partition coefficient (Wildman–Crippen LogP) is 2.43. The Balaban J connectivity index is 2.15. The molecular formula is C14H21N3O2. The number of rotatable bonds is 4. The van der Waals surface area contributed by atoms with E-state index in [1.165, 1.54) is 0 Å². The van der Waals surface area contributed by atoms with E-state index in [0.717, 1.165) is 37.3 Å². The summed E-state index contributed by atoms with van der Waals surface area (Å²) in [6.07, 6.45) is 3.27. The standard InChI is InChI=1S/C14H21N3O2/c1-10(2)12-6-7-13(16-15-12)17-8-4-3-5-11(17)9-14(18)19/h6-7,10-11H,3-5,8-9H2,1-2H3,(H,18,19). The van der Waals surface area contributed by atoms with E-state index in [0.29, 0.717) is 5.92 Å². The number of carboxylic acid groups (broad SMARTS) is 1. The molecule has 1 fully saturated rings. The number of hydrogen-bond acceptors (Lipinski definition) is 4. The number of piperidine rings is 1. The van der Waals surface area contributed by atoms with Crippen LogP contribution in [-0.4, -0.2) is 33.9 Å². The van der Waals surface area contributed by atoms with E-state index >= 15 is 0 Å². The summed E-state index contributed by atoms with van der Waals surface area (Å²) in [6.45, 7) is 5.03. The number of hydrogen-bond donors (Lipinski definition) is 1. The SMILES string of the molecule is CC(C)c1ccc(N2CCCCC2CC(=O)O)nn1. The molecule has 19 heavy (non-hydrogen) atoms. The van der Waals surface area contributed by atoms with Gasteiger partial charge >= 0.3 is 5.97 Å². The molecular weight excluding hydrogens is 242 g/mol. The molecule has 5 heteroatoms. The fraction of sp³-hybridized carbons (Fsp3) is 0.643. The molecule has 1 aliphatic rings. The number of anilines is 1. The lowest BCUT2D eigenvalue weighted by Crippen LogP contribution is -2.41. The first-order valence-corrected chi connectivity index (χ1v) is 6.90. The van der Waals surface area contributed by atoms with Gasteiger partial charge in [-0.3, -0.25) is 4.79 Å². The molecule has 1 N–H and O–H groups in total. The average molecular weight is 263 g/mol. The Morgan fingerprint density at radius 1 is 1.42 bits per heavy atom. The predicted molar refractivity (Wildman–Crippen MR) is 73.4 cm³/mol. The molecule has 0 aromatic carbocycles. The smallest absolute Gasteiger partial charge is 0.305 e. The zero-order chi connectivity index (χ0) is 13.8. The minimum Gasteiger partial charge on any atom is -0.481 e. The van der Waals surface area contributed by atoms with Crippen LogP contribution in [0.4, 0.5) is 5.82 Å². The minimum atomic E-state index is -0.747. The lowest BCUT2D eigenvalue weighted by Gasteiger charge is -2.35. The molecule has 5 nitrogen and oxygen atoms in total. The van der Waals surface area contributed by atoms with Gasteiger partial charge in [-0.2, -0.15) is 5.10 Å². The first kappa shape index (κ1) is 13.8. The maximum Gasteiger partial charge on any atom is 0.305 e. The molecule has 2 rings (SSSR count). The third-order valence-corrected chi connectivity index (χ3v) is 3.59. The fourth-order valence-electron chi connectivity index (χ4n) is 2.51. The first-order valence-electron chi connectivity index (χ1n) is 6.90. The van der Waals surface area contributed by atoms with Gasteiger partial charge in [0.05, 0.1) is 12.1 Å². The van der Waals surface area contributed by atoms with E-state index < -0.39 is 5.97 Å². The van der Waals surface area contributed by atoms with Crippen LogP contribution < -0.4 is 4.90 Å². The molecule has 104 valence electrons. The van der Waals surface area contributed by atoms with Crippen molar-refractivity contribution in [1.82, 2.24) is 10.2 Å². The van der Waals surface area contributed by atoms with Crippen molar-refractivity contribution in [3.05, 3.63) is 17.8 Å². The van der Waals surface area contributed by atoms with Crippen LogP contribution in [0.15, 0.2) is 12.1 Å². The lowest BCUT2D eigenvalue weighted by molar-refractivity contribution is -0.137. The van der Waals surface area contributed by atoms with Crippen LogP contribution in [0.3, 0.4) is 0 Å². The van der Waals surface area contributed by atoms with Crippen molar-refractivity contribution < 1.29 is 9.90 Å². The van der Waals surface area contributed by atoms with Gasteiger partial charge in [-0.25, -0.2) is 0 Å². The van der Waals surface area contributed by atoms with Crippen molar-refractivity contribution in [2.45, 2.75) is 51.5 Å². The fourth-order valence-corrected chi connectivity index (χ4v) is 2.51. The normalized spacial score (nSPS) is 19.7. The first-order chi connectivity index (χ1) is 9.08. The molecule has 0 bridgehead atoms. The van der Waals surface area contributed by atoms with Gasteiger partial charge in [-0.1, -0.05) is 13.8 Å². The Morgan fingerprint density at radius 2 is 2.21 bits per heavy atom. The van der Waals surface area contributed by atoms with Gasteiger partial charge in [0.1, 0.15) is 0 Å². The molecule has 1 atom stereocenters. The summed E-state index contributed by atoms with van der Waals surface area (Å²) in [4.78, 5) is 13.0. The largest absolute Gasteiger partial charge is 0.481 e. The van der Waals surface area contributed by atoms with Crippen molar-refractivity contribution in [3.63, 3.8) is 0 Å². The van der Waals surface area contributed by atoms with Crippen molar-refractivity contribution in [2.24, 2.45) is 0 Å². The Kier molecular flexibility index (Phi) is 4.35. The highest BCUT2D eigenvalue weighted by Gasteiger charge is 2.25. The summed E-state index contributed by atoms with van der Waals surface area (Å²) in [7, 11) is 0. The minimum absolute atomic E-state index is 0.0467. The van der Waals surface area contributed by atoms with E-state index in [9.17, 15) is 4.79 Å². The quantitative estimate of drug-likeness (QED) is 0.903. The molecule has 1 saturated heterocycles. The molecule has 0 amide bonds. The van der Waals surface area contributed by atoms with Crippen LogP contribution in [0.25, 0.3) is 0 Å². The topological polar surface area (TPSA) is 66.3 Å².